The van der Waals surface area contributed by atoms with Crippen LogP contribution in [0.4, 0.5) is 4.79 Å². The molecule has 1 saturated heterocycles. The fourth-order valence-electron chi connectivity index (χ4n) is 2.85. The van der Waals surface area contributed by atoms with E-state index in [1.54, 1.807) is 6.92 Å². The van der Waals surface area contributed by atoms with Crippen LogP contribution < -0.4 is 10.6 Å². The maximum atomic E-state index is 12.9. The van der Waals surface area contributed by atoms with Crippen molar-refractivity contribution in [1.82, 2.24) is 15.5 Å². The van der Waals surface area contributed by atoms with Crippen LogP contribution in [0.2, 0.25) is 0 Å². The first kappa shape index (κ1) is 19.9. The Morgan fingerprint density at radius 2 is 1.69 bits per heavy atom. The Labute approximate surface area is 155 Å². The third-order valence-electron chi connectivity index (χ3n) is 5.12. The largest absolute Gasteiger partial charge is 0.352 e. The molecule has 1 aliphatic rings. The minimum Gasteiger partial charge on any atom is -0.352 e. The highest BCUT2D eigenvalue weighted by atomic mass is 16.2. The van der Waals surface area contributed by atoms with Crippen LogP contribution in [0.5, 0.6) is 0 Å². The number of benzene rings is 1. The third kappa shape index (κ3) is 3.89. The summed E-state index contributed by atoms with van der Waals surface area (Å²) >= 11 is 0. The molecule has 0 bridgehead atoms. The van der Waals surface area contributed by atoms with E-state index in [0.29, 0.717) is 11.5 Å². The summed E-state index contributed by atoms with van der Waals surface area (Å²) in [4.78, 5) is 38.4. The first-order valence-corrected chi connectivity index (χ1v) is 9.10. The molecule has 4 amide bonds. The van der Waals surface area contributed by atoms with Gasteiger partial charge in [0.1, 0.15) is 12.1 Å². The lowest BCUT2D eigenvalue weighted by Gasteiger charge is -2.23. The normalized spacial score (nSPS) is 21.3. The highest BCUT2D eigenvalue weighted by molar-refractivity contribution is 6.09. The van der Waals surface area contributed by atoms with Gasteiger partial charge in [0.2, 0.25) is 5.91 Å². The predicted octanol–water partition coefficient (Wildman–Crippen LogP) is 2.74. The van der Waals surface area contributed by atoms with Crippen molar-refractivity contribution >= 4 is 17.8 Å². The Bertz CT molecular complexity index is 697. The van der Waals surface area contributed by atoms with Crippen LogP contribution in [0.1, 0.15) is 58.6 Å². The molecule has 2 atom stereocenters. The summed E-state index contributed by atoms with van der Waals surface area (Å²) in [5.74, 6) is -0.0954. The van der Waals surface area contributed by atoms with Crippen LogP contribution in [0.3, 0.4) is 0 Å². The van der Waals surface area contributed by atoms with E-state index < -0.39 is 17.5 Å². The number of hydrogen-bond donors (Lipinski definition) is 2. The first-order valence-electron chi connectivity index (χ1n) is 9.10. The molecule has 26 heavy (non-hydrogen) atoms. The van der Waals surface area contributed by atoms with Gasteiger partial charge in [-0.15, -0.1) is 0 Å². The first-order chi connectivity index (χ1) is 12.1. The molecule has 0 spiro atoms. The number of carbonyl (C=O) groups is 3. The molecule has 0 aliphatic carbocycles. The van der Waals surface area contributed by atoms with Crippen molar-refractivity contribution in [2.75, 3.05) is 6.54 Å². The molecule has 1 aliphatic heterocycles. The highest BCUT2D eigenvalue weighted by Crippen LogP contribution is 2.29. The summed E-state index contributed by atoms with van der Waals surface area (Å²) in [6, 6.07) is 7.07. The van der Waals surface area contributed by atoms with E-state index >= 15 is 0 Å². The average Bonchev–Trinajstić information content (AvgIpc) is 2.79. The van der Waals surface area contributed by atoms with E-state index in [1.807, 2.05) is 45.0 Å². The van der Waals surface area contributed by atoms with Crippen LogP contribution in [0.15, 0.2) is 24.3 Å². The van der Waals surface area contributed by atoms with Gasteiger partial charge < -0.3 is 10.6 Å². The molecule has 6 heteroatoms. The quantitative estimate of drug-likeness (QED) is 0.767. The van der Waals surface area contributed by atoms with Gasteiger partial charge in [0.15, 0.2) is 0 Å². The molecular formula is C20H29N3O3. The van der Waals surface area contributed by atoms with Crippen molar-refractivity contribution in [2.45, 2.75) is 59.0 Å². The van der Waals surface area contributed by atoms with Crippen molar-refractivity contribution < 1.29 is 14.4 Å². The maximum Gasteiger partial charge on any atom is 0.325 e. The Hall–Kier alpha value is -2.37. The van der Waals surface area contributed by atoms with Gasteiger partial charge in [-0.05, 0) is 36.8 Å². The zero-order valence-corrected chi connectivity index (χ0v) is 16.4. The van der Waals surface area contributed by atoms with Crippen molar-refractivity contribution in [1.29, 1.82) is 0 Å². The van der Waals surface area contributed by atoms with Gasteiger partial charge in [-0.1, -0.05) is 52.0 Å². The number of nitrogens with one attached hydrogen (secondary N) is 2. The Morgan fingerprint density at radius 3 is 2.19 bits per heavy atom. The molecule has 1 aromatic carbocycles. The predicted molar refractivity (Wildman–Crippen MR) is 101 cm³/mol. The number of urea groups is 1. The van der Waals surface area contributed by atoms with Crippen molar-refractivity contribution in [3.8, 4) is 0 Å². The van der Waals surface area contributed by atoms with Crippen LogP contribution in [-0.4, -0.2) is 35.3 Å². The fourth-order valence-corrected chi connectivity index (χ4v) is 2.85. The minimum absolute atomic E-state index is 0.0294. The van der Waals surface area contributed by atoms with Crippen molar-refractivity contribution in [3.63, 3.8) is 0 Å². The summed E-state index contributed by atoms with van der Waals surface area (Å²) in [5.41, 5.74) is 0.711. The third-order valence-corrected chi connectivity index (χ3v) is 5.12. The lowest BCUT2D eigenvalue weighted by molar-refractivity contribution is -0.135. The zero-order chi connectivity index (χ0) is 19.6. The van der Waals surface area contributed by atoms with Gasteiger partial charge in [-0.2, -0.15) is 0 Å². The fraction of sp³-hybridized carbons (Fsp3) is 0.550. The molecule has 2 N–H and O–H groups in total. The van der Waals surface area contributed by atoms with Gasteiger partial charge in [0.25, 0.3) is 5.91 Å². The minimum atomic E-state index is -1.16. The Kier molecular flexibility index (Phi) is 5.74. The number of imide groups is 1. The second-order valence-electron chi connectivity index (χ2n) is 7.82. The van der Waals surface area contributed by atoms with E-state index in [0.717, 1.165) is 10.5 Å². The van der Waals surface area contributed by atoms with Crippen LogP contribution in [0, 0.1) is 5.92 Å². The van der Waals surface area contributed by atoms with E-state index in [2.05, 4.69) is 24.5 Å². The van der Waals surface area contributed by atoms with Gasteiger partial charge >= 0.3 is 6.03 Å². The van der Waals surface area contributed by atoms with Crippen LogP contribution >= 0.6 is 0 Å². The number of nitrogens with zero attached hydrogens (tertiary/aromatic N) is 1. The zero-order valence-electron chi connectivity index (χ0n) is 16.4. The maximum absolute atomic E-state index is 12.9. The Morgan fingerprint density at radius 1 is 1.12 bits per heavy atom. The van der Waals surface area contributed by atoms with Crippen LogP contribution in [-0.2, 0) is 15.1 Å². The van der Waals surface area contributed by atoms with E-state index in [-0.39, 0.29) is 24.4 Å². The molecule has 1 fully saturated rings. The smallest absolute Gasteiger partial charge is 0.325 e. The van der Waals surface area contributed by atoms with Gasteiger partial charge in [0, 0.05) is 6.04 Å². The van der Waals surface area contributed by atoms with Crippen molar-refractivity contribution in [3.05, 3.63) is 35.4 Å². The van der Waals surface area contributed by atoms with Crippen molar-refractivity contribution in [2.24, 2.45) is 5.92 Å². The highest BCUT2D eigenvalue weighted by Gasteiger charge is 2.49. The summed E-state index contributed by atoms with van der Waals surface area (Å²) in [6.45, 7) is 11.5. The number of amides is 4. The molecular weight excluding hydrogens is 330 g/mol. The topological polar surface area (TPSA) is 78.5 Å². The summed E-state index contributed by atoms with van der Waals surface area (Å²) in [7, 11) is 0. The molecule has 0 unspecified atom stereocenters. The lowest BCUT2D eigenvalue weighted by atomic mass is 9.90. The van der Waals surface area contributed by atoms with Crippen LogP contribution in [0.25, 0.3) is 0 Å². The number of hydrogen-bond acceptors (Lipinski definition) is 3. The lowest BCUT2D eigenvalue weighted by Crippen LogP contribution is -2.46. The molecule has 0 aromatic heterocycles. The molecule has 0 radical (unpaired) electrons. The average molecular weight is 359 g/mol. The van der Waals surface area contributed by atoms with E-state index in [1.165, 1.54) is 0 Å². The SMILES string of the molecule is CC(C)c1ccc([C@@]2(C)NC(=O)N(CC(=O)N[C@H](C)C(C)C)C2=O)cc1. The molecule has 0 saturated carbocycles. The second-order valence-corrected chi connectivity index (χ2v) is 7.82. The standard InChI is InChI=1S/C20H29N3O3/c1-12(2)14(5)21-17(24)11-23-18(25)20(6,22-19(23)26)16-9-7-15(8-10-16)13(3)4/h7-10,12-14H,11H2,1-6H3,(H,21,24)(H,22,26)/t14-,20-/m1/s1. The summed E-state index contributed by atoms with van der Waals surface area (Å²) < 4.78 is 0. The van der Waals surface area contributed by atoms with E-state index in [4.69, 9.17) is 0 Å². The molecule has 142 valence electrons. The molecule has 1 heterocycles. The van der Waals surface area contributed by atoms with Gasteiger partial charge in [-0.3, -0.25) is 14.5 Å². The Balaban J connectivity index is 2.15. The molecule has 6 nitrogen and oxygen atoms in total. The molecule has 1 aromatic rings. The van der Waals surface area contributed by atoms with E-state index in [9.17, 15) is 14.4 Å². The number of carbonyl (C=O) groups excluding carboxylic acids is 3. The van der Waals surface area contributed by atoms with Gasteiger partial charge in [0.05, 0.1) is 0 Å². The second kappa shape index (κ2) is 7.48. The monoisotopic (exact) mass is 359 g/mol. The van der Waals surface area contributed by atoms with Gasteiger partial charge in [-0.25, -0.2) is 4.79 Å². The summed E-state index contributed by atoms with van der Waals surface area (Å²) in [5, 5.41) is 5.56. The number of rotatable bonds is 6. The summed E-state index contributed by atoms with van der Waals surface area (Å²) in [6.07, 6.45) is 0. The molecule has 2 rings (SSSR count).